The van der Waals surface area contributed by atoms with Crippen molar-refractivity contribution in [2.24, 2.45) is 0 Å². The van der Waals surface area contributed by atoms with E-state index in [4.69, 9.17) is 0 Å². The van der Waals surface area contributed by atoms with E-state index < -0.39 is 15.8 Å². The maximum absolute atomic E-state index is 12.9. The SMILES string of the molecule is Cc1ccc(C(=O)Nc2c3c(nn2-c2ccc([N+](=O)[O-])cc2)CSC3)cc1[N+](=O)[O-]. The first-order chi connectivity index (χ1) is 14.3. The fourth-order valence-corrected chi connectivity index (χ4v) is 4.21. The Bertz CT molecular complexity index is 1190. The highest BCUT2D eigenvalue weighted by Gasteiger charge is 2.26. The van der Waals surface area contributed by atoms with Crippen molar-refractivity contribution in [2.45, 2.75) is 18.4 Å². The van der Waals surface area contributed by atoms with Crippen molar-refractivity contribution in [3.63, 3.8) is 0 Å². The lowest BCUT2D eigenvalue weighted by Gasteiger charge is -2.11. The average Bonchev–Trinajstić information content (AvgIpc) is 3.30. The van der Waals surface area contributed by atoms with Crippen molar-refractivity contribution in [3.8, 4) is 5.69 Å². The number of nitrogens with one attached hydrogen (secondary N) is 1. The zero-order valence-electron chi connectivity index (χ0n) is 15.7. The first-order valence-electron chi connectivity index (χ1n) is 8.85. The molecule has 3 aromatic rings. The smallest absolute Gasteiger partial charge is 0.273 e. The quantitative estimate of drug-likeness (QED) is 0.482. The number of nitro benzene ring substituents is 2. The van der Waals surface area contributed by atoms with Crippen LogP contribution >= 0.6 is 11.8 Å². The fourth-order valence-electron chi connectivity index (χ4n) is 3.17. The second-order valence-corrected chi connectivity index (χ2v) is 7.65. The van der Waals surface area contributed by atoms with E-state index in [-0.39, 0.29) is 16.9 Å². The van der Waals surface area contributed by atoms with Crippen molar-refractivity contribution in [3.05, 3.63) is 85.1 Å². The number of non-ortho nitro benzene ring substituents is 1. The highest BCUT2D eigenvalue weighted by Crippen LogP contribution is 2.36. The summed E-state index contributed by atoms with van der Waals surface area (Å²) in [6.45, 7) is 1.60. The summed E-state index contributed by atoms with van der Waals surface area (Å²) >= 11 is 1.66. The number of benzene rings is 2. The molecule has 0 saturated carbocycles. The molecule has 1 N–H and O–H groups in total. The summed E-state index contributed by atoms with van der Waals surface area (Å²) in [5.41, 5.74) is 2.69. The van der Waals surface area contributed by atoms with Gasteiger partial charge in [-0.05, 0) is 25.1 Å². The monoisotopic (exact) mass is 425 g/mol. The largest absolute Gasteiger partial charge is 0.306 e. The van der Waals surface area contributed by atoms with Crippen molar-refractivity contribution < 1.29 is 14.6 Å². The second kappa shape index (κ2) is 7.59. The Morgan fingerprint density at radius 2 is 1.83 bits per heavy atom. The van der Waals surface area contributed by atoms with E-state index in [1.54, 1.807) is 30.8 Å². The summed E-state index contributed by atoms with van der Waals surface area (Å²) in [4.78, 5) is 33.9. The molecule has 2 aromatic carbocycles. The fraction of sp³-hybridized carbons (Fsp3) is 0.158. The molecule has 1 amide bonds. The zero-order valence-corrected chi connectivity index (χ0v) is 16.5. The number of nitro groups is 2. The third-order valence-corrected chi connectivity index (χ3v) is 5.73. The van der Waals surface area contributed by atoms with E-state index in [0.717, 1.165) is 11.3 Å². The molecule has 0 saturated heterocycles. The van der Waals surface area contributed by atoms with E-state index in [1.807, 2.05) is 0 Å². The van der Waals surface area contributed by atoms with Gasteiger partial charge in [-0.3, -0.25) is 25.0 Å². The molecule has 0 spiro atoms. The number of nitrogens with zero attached hydrogens (tertiary/aromatic N) is 4. The van der Waals surface area contributed by atoms with E-state index in [2.05, 4.69) is 10.4 Å². The highest BCUT2D eigenvalue weighted by atomic mass is 32.2. The van der Waals surface area contributed by atoms with Gasteiger partial charge in [0.25, 0.3) is 17.3 Å². The molecular formula is C19H15N5O5S. The van der Waals surface area contributed by atoms with Crippen molar-refractivity contribution in [2.75, 3.05) is 5.32 Å². The van der Waals surface area contributed by atoms with Crippen LogP contribution in [0.3, 0.4) is 0 Å². The van der Waals surface area contributed by atoms with Crippen LogP contribution < -0.4 is 5.32 Å². The Morgan fingerprint density at radius 3 is 2.50 bits per heavy atom. The number of hydrogen-bond acceptors (Lipinski definition) is 7. The first kappa shape index (κ1) is 19.6. The van der Waals surface area contributed by atoms with Crippen molar-refractivity contribution in [1.82, 2.24) is 9.78 Å². The number of anilines is 1. The summed E-state index contributed by atoms with van der Waals surface area (Å²) in [7, 11) is 0. The van der Waals surface area contributed by atoms with Gasteiger partial charge in [-0.15, -0.1) is 0 Å². The van der Waals surface area contributed by atoms with E-state index in [0.29, 0.717) is 28.6 Å². The number of aryl methyl sites for hydroxylation is 1. The normalized spacial score (nSPS) is 12.4. The minimum Gasteiger partial charge on any atom is -0.306 e. The molecule has 0 unspecified atom stereocenters. The Hall–Kier alpha value is -3.73. The Labute approximate surface area is 174 Å². The number of hydrogen-bond donors (Lipinski definition) is 1. The standard InChI is InChI=1S/C19H15N5O5S/c1-11-2-3-12(8-17(11)24(28)29)19(25)20-18-15-9-30-10-16(15)21-22(18)13-4-6-14(7-5-13)23(26)27/h2-8H,9-10H2,1H3,(H,20,25). The number of carbonyl (C=O) groups excluding carboxylic acids is 1. The zero-order chi connectivity index (χ0) is 21.4. The van der Waals surface area contributed by atoms with Crippen LogP contribution in [0.4, 0.5) is 17.2 Å². The Balaban J connectivity index is 1.71. The third kappa shape index (κ3) is 3.50. The van der Waals surface area contributed by atoms with Crippen LogP contribution in [0, 0.1) is 27.2 Å². The molecule has 0 fully saturated rings. The molecular weight excluding hydrogens is 410 g/mol. The summed E-state index contributed by atoms with van der Waals surface area (Å²) in [5.74, 6) is 1.30. The predicted octanol–water partition coefficient (Wildman–Crippen LogP) is 4.00. The lowest BCUT2D eigenvalue weighted by molar-refractivity contribution is -0.385. The van der Waals surface area contributed by atoms with Gasteiger partial charge in [-0.25, -0.2) is 4.68 Å². The van der Waals surface area contributed by atoms with Gasteiger partial charge in [-0.2, -0.15) is 16.9 Å². The van der Waals surface area contributed by atoms with Crippen LogP contribution in [-0.4, -0.2) is 25.5 Å². The number of fused-ring (bicyclic) bond motifs is 1. The molecule has 0 aliphatic carbocycles. The number of carbonyl (C=O) groups is 1. The van der Waals surface area contributed by atoms with Gasteiger partial charge < -0.3 is 5.32 Å². The van der Waals surface area contributed by atoms with Gasteiger partial charge in [0.05, 0.1) is 21.2 Å². The predicted molar refractivity (Wildman–Crippen MR) is 111 cm³/mol. The molecule has 11 heteroatoms. The van der Waals surface area contributed by atoms with Crippen LogP contribution in [0.15, 0.2) is 42.5 Å². The van der Waals surface area contributed by atoms with Crippen LogP contribution in [0.5, 0.6) is 0 Å². The highest BCUT2D eigenvalue weighted by molar-refractivity contribution is 7.98. The lowest BCUT2D eigenvalue weighted by atomic mass is 10.1. The van der Waals surface area contributed by atoms with Crippen LogP contribution in [0.25, 0.3) is 5.69 Å². The van der Waals surface area contributed by atoms with E-state index >= 15 is 0 Å². The summed E-state index contributed by atoms with van der Waals surface area (Å²) in [6, 6.07) is 10.1. The van der Waals surface area contributed by atoms with Gasteiger partial charge >= 0.3 is 0 Å². The van der Waals surface area contributed by atoms with E-state index in [9.17, 15) is 25.0 Å². The molecule has 152 valence electrons. The molecule has 4 rings (SSSR count). The van der Waals surface area contributed by atoms with Gasteiger partial charge in [0.1, 0.15) is 5.82 Å². The first-order valence-corrected chi connectivity index (χ1v) is 10.0. The maximum atomic E-state index is 12.9. The minimum absolute atomic E-state index is 0.0495. The second-order valence-electron chi connectivity index (χ2n) is 6.66. The Morgan fingerprint density at radius 1 is 1.10 bits per heavy atom. The molecule has 2 heterocycles. The summed E-state index contributed by atoms with van der Waals surface area (Å²) in [5, 5.41) is 29.5. The average molecular weight is 425 g/mol. The summed E-state index contributed by atoms with van der Waals surface area (Å²) < 4.78 is 1.54. The van der Waals surface area contributed by atoms with Gasteiger partial charge in [0, 0.05) is 46.4 Å². The van der Waals surface area contributed by atoms with Gasteiger partial charge in [0.15, 0.2) is 0 Å². The molecule has 1 aromatic heterocycles. The topological polar surface area (TPSA) is 133 Å². The molecule has 1 aliphatic heterocycles. The van der Waals surface area contributed by atoms with Crippen molar-refractivity contribution >= 4 is 34.9 Å². The van der Waals surface area contributed by atoms with Gasteiger partial charge in [-0.1, -0.05) is 6.07 Å². The molecule has 0 atom stereocenters. The number of amides is 1. The third-order valence-electron chi connectivity index (χ3n) is 4.76. The Kier molecular flexibility index (Phi) is 4.96. The maximum Gasteiger partial charge on any atom is 0.273 e. The van der Waals surface area contributed by atoms with Crippen LogP contribution in [0.1, 0.15) is 27.2 Å². The summed E-state index contributed by atoms with van der Waals surface area (Å²) in [6.07, 6.45) is 0. The minimum atomic E-state index is -0.526. The van der Waals surface area contributed by atoms with Gasteiger partial charge in [0.2, 0.25) is 0 Å². The van der Waals surface area contributed by atoms with Crippen LogP contribution in [0.2, 0.25) is 0 Å². The molecule has 0 radical (unpaired) electrons. The molecule has 10 nitrogen and oxygen atoms in total. The lowest BCUT2D eigenvalue weighted by Crippen LogP contribution is -2.16. The molecule has 0 bridgehead atoms. The van der Waals surface area contributed by atoms with Crippen LogP contribution in [-0.2, 0) is 11.5 Å². The number of aromatic nitrogens is 2. The number of rotatable bonds is 5. The number of thioether (sulfide) groups is 1. The molecule has 30 heavy (non-hydrogen) atoms. The van der Waals surface area contributed by atoms with Crippen molar-refractivity contribution in [1.29, 1.82) is 0 Å². The molecule has 1 aliphatic rings. The van der Waals surface area contributed by atoms with E-state index in [1.165, 1.54) is 35.0 Å².